The summed E-state index contributed by atoms with van der Waals surface area (Å²) in [6, 6.07) is 8.98. The Bertz CT molecular complexity index is 1520. The zero-order valence-electron chi connectivity index (χ0n) is 29.5. The number of rotatable bonds is 7. The second-order valence-corrected chi connectivity index (χ2v) is 23.7. The zero-order valence-corrected chi connectivity index (χ0v) is 31.3. The van der Waals surface area contributed by atoms with Crippen LogP contribution in [0.15, 0.2) is 42.5 Å². The number of halogens is 6. The molecule has 2 aromatic carbocycles. The maximum Gasteiger partial charge on any atom is 0.416 e. The van der Waals surface area contributed by atoms with Gasteiger partial charge in [-0.15, -0.1) is 0 Å². The van der Waals surface area contributed by atoms with Crippen molar-refractivity contribution in [2.45, 2.75) is 131 Å². The van der Waals surface area contributed by atoms with E-state index >= 15 is 0 Å². The van der Waals surface area contributed by atoms with E-state index in [1.165, 1.54) is 77.0 Å². The Labute approximate surface area is 296 Å². The molecule has 0 amide bonds. The van der Waals surface area contributed by atoms with Crippen LogP contribution in [0.25, 0.3) is 0 Å². The monoisotopic (exact) mass is 737 g/mol. The molecule has 8 fully saturated rings. The highest BCUT2D eigenvalue weighted by Crippen LogP contribution is 2.78. The summed E-state index contributed by atoms with van der Waals surface area (Å²) in [5.41, 5.74) is -2.02. The summed E-state index contributed by atoms with van der Waals surface area (Å²) in [4.78, 5) is 0. The minimum atomic E-state index is -4.98. The number of benzene rings is 2. The lowest BCUT2D eigenvalue weighted by Gasteiger charge is -2.67. The predicted octanol–water partition coefficient (Wildman–Crippen LogP) is 11.3. The fourth-order valence-corrected chi connectivity index (χ4v) is 19.5. The van der Waals surface area contributed by atoms with Gasteiger partial charge in [0.15, 0.2) is 0 Å². The first kappa shape index (κ1) is 35.6. The van der Waals surface area contributed by atoms with Gasteiger partial charge >= 0.3 is 12.4 Å². The minimum Gasteiger partial charge on any atom is -0.242 e. The van der Waals surface area contributed by atoms with Gasteiger partial charge in [-0.2, -0.15) is 26.3 Å². The highest BCUT2D eigenvalue weighted by molar-refractivity contribution is 7.84. The number of hydrogen-bond acceptors (Lipinski definition) is 1. The van der Waals surface area contributed by atoms with Gasteiger partial charge in [-0.3, -0.25) is 0 Å². The molecule has 8 aliphatic rings. The molecule has 50 heavy (non-hydrogen) atoms. The Kier molecular flexibility index (Phi) is 8.56. The summed E-state index contributed by atoms with van der Waals surface area (Å²) < 4.78 is 101. The zero-order chi connectivity index (χ0) is 35.6. The van der Waals surface area contributed by atoms with E-state index < -0.39 is 53.2 Å². The Morgan fingerprint density at radius 1 is 0.680 bits per heavy atom. The largest absolute Gasteiger partial charge is 0.416 e. The molecule has 0 aliphatic heterocycles. The van der Waals surface area contributed by atoms with E-state index in [-0.39, 0.29) is 21.9 Å². The molecule has 8 bridgehead atoms. The van der Waals surface area contributed by atoms with Crippen molar-refractivity contribution in [2.24, 2.45) is 35.5 Å². The summed E-state index contributed by atoms with van der Waals surface area (Å²) in [6.07, 6.45) is 4.97. The van der Waals surface area contributed by atoms with Crippen LogP contribution in [0.3, 0.4) is 0 Å². The lowest BCUT2D eigenvalue weighted by molar-refractivity contribution is -0.143. The van der Waals surface area contributed by atoms with Gasteiger partial charge in [-0.25, -0.2) is 8.51 Å². The van der Waals surface area contributed by atoms with Gasteiger partial charge in [0.05, 0.1) is 21.9 Å². The summed E-state index contributed by atoms with van der Waals surface area (Å²) in [5.74, 6) is 4.23. The number of nitrogens with zero attached hydrogens (tertiary/aromatic N) is 1. The van der Waals surface area contributed by atoms with Crippen molar-refractivity contribution in [3.63, 3.8) is 0 Å². The second-order valence-electron chi connectivity index (χ2n) is 18.3. The fraction of sp³-hybridized carbons (Fsp3) is 0.700. The molecule has 0 saturated heterocycles. The van der Waals surface area contributed by atoms with E-state index in [1.54, 1.807) is 32.1 Å². The number of hydrogen-bond donors (Lipinski definition) is 0. The van der Waals surface area contributed by atoms with E-state index in [4.69, 9.17) is 0 Å². The molecule has 2 aromatic rings. The maximum atomic E-state index is 14.4. The normalized spacial score (nSPS) is 36.6. The first-order valence-corrected chi connectivity index (χ1v) is 21.1. The van der Waals surface area contributed by atoms with Crippen LogP contribution in [0.1, 0.15) is 126 Å². The molecule has 10 rings (SSSR count). The van der Waals surface area contributed by atoms with Gasteiger partial charge in [0.25, 0.3) is 0 Å². The summed E-state index contributed by atoms with van der Waals surface area (Å²) in [6.45, 7) is 5.40. The Balaban J connectivity index is 1.36. The van der Waals surface area contributed by atoms with Crippen LogP contribution in [0.2, 0.25) is 0 Å². The van der Waals surface area contributed by atoms with E-state index in [0.717, 1.165) is 23.0 Å². The molecule has 0 unspecified atom stereocenters. The molecule has 10 heteroatoms. The van der Waals surface area contributed by atoms with E-state index in [1.807, 2.05) is 18.2 Å². The van der Waals surface area contributed by atoms with E-state index in [2.05, 4.69) is 6.07 Å². The van der Waals surface area contributed by atoms with Gasteiger partial charge < -0.3 is 0 Å². The van der Waals surface area contributed by atoms with Crippen molar-refractivity contribution in [3.05, 3.63) is 64.7 Å². The third-order valence-corrected chi connectivity index (χ3v) is 19.2. The molecule has 2 nitrogen and oxygen atoms in total. The van der Waals surface area contributed by atoms with E-state index in [9.17, 15) is 30.6 Å². The van der Waals surface area contributed by atoms with Crippen molar-refractivity contribution in [1.29, 1.82) is 0 Å². The third-order valence-electron chi connectivity index (χ3n) is 13.5. The SMILES string of the molecule is CN([C@@H](c1cc(C(F)(F)F)cc(C(F)(F)F)c1)c1ccccc1P(C12CC3CC(CC(C3)C1)C2)C12CC3CC(CC(C3)C1)C2)[S@](=O)C(C)(C)C. The average molecular weight is 738 g/mol. The average Bonchev–Trinajstić information content (AvgIpc) is 2.98. The predicted molar refractivity (Wildman–Crippen MR) is 189 cm³/mol. The molecule has 0 aromatic heterocycles. The smallest absolute Gasteiger partial charge is 0.242 e. The lowest BCUT2D eigenvalue weighted by Crippen LogP contribution is -2.58. The summed E-state index contributed by atoms with van der Waals surface area (Å²) >= 11 is 0. The molecular weight excluding hydrogens is 687 g/mol. The van der Waals surface area contributed by atoms with Gasteiger partial charge in [0, 0.05) is 7.05 Å². The van der Waals surface area contributed by atoms with Crippen molar-refractivity contribution >= 4 is 24.2 Å². The van der Waals surface area contributed by atoms with Crippen molar-refractivity contribution < 1.29 is 30.6 Å². The standard InChI is InChI=1S/C40H50F6NOPS/c1-36(2,3)50(48)47(4)35(30-15-31(39(41,42)43)17-32(16-30)40(44,45)46)33-7-5-6-8-34(33)49(37-18-24-9-25(19-37)11-26(10-24)20-37)38-21-27-12-28(22-38)14-29(13-27)23-38/h5-8,15-17,24-29,35H,9-14,18-23H2,1-4H3/t24?,25?,26?,27?,28?,29?,35-,37?,38?,49?,50+/m0/s1. The lowest BCUT2D eigenvalue weighted by atomic mass is 9.55. The van der Waals surface area contributed by atoms with Gasteiger partial charge in [0.1, 0.15) is 11.0 Å². The van der Waals surface area contributed by atoms with Crippen LogP contribution < -0.4 is 5.30 Å². The Hall–Kier alpha value is -1.44. The molecule has 274 valence electrons. The van der Waals surface area contributed by atoms with Gasteiger partial charge in [0.2, 0.25) is 0 Å². The molecule has 0 N–H and O–H groups in total. The van der Waals surface area contributed by atoms with Crippen LogP contribution in [-0.4, -0.2) is 30.6 Å². The quantitative estimate of drug-likeness (QED) is 0.205. The molecule has 8 saturated carbocycles. The van der Waals surface area contributed by atoms with Crippen LogP contribution in [0.4, 0.5) is 26.3 Å². The highest BCUT2D eigenvalue weighted by atomic mass is 32.2. The Morgan fingerprint density at radius 2 is 1.06 bits per heavy atom. The van der Waals surface area contributed by atoms with Gasteiger partial charge in [-0.05, 0) is 178 Å². The topological polar surface area (TPSA) is 20.3 Å². The maximum absolute atomic E-state index is 14.4. The van der Waals surface area contributed by atoms with Crippen molar-refractivity contribution in [3.8, 4) is 0 Å². The first-order chi connectivity index (χ1) is 23.3. The summed E-state index contributed by atoms with van der Waals surface area (Å²) in [7, 11) is -0.964. The second kappa shape index (κ2) is 12.0. The fourth-order valence-electron chi connectivity index (χ4n) is 12.9. The highest BCUT2D eigenvalue weighted by Gasteiger charge is 2.63. The van der Waals surface area contributed by atoms with E-state index in [0.29, 0.717) is 35.5 Å². The van der Waals surface area contributed by atoms with Crippen molar-refractivity contribution in [2.75, 3.05) is 7.05 Å². The molecule has 0 spiro atoms. The molecule has 8 aliphatic carbocycles. The summed E-state index contributed by atoms with van der Waals surface area (Å²) in [5, 5.41) is 1.41. The molecule has 2 atom stereocenters. The van der Waals surface area contributed by atoms with Crippen LogP contribution >= 0.6 is 7.92 Å². The van der Waals surface area contributed by atoms with Crippen molar-refractivity contribution in [1.82, 2.24) is 4.31 Å². The van der Waals surface area contributed by atoms with Gasteiger partial charge in [-0.1, -0.05) is 32.2 Å². The van der Waals surface area contributed by atoms with Crippen LogP contribution in [-0.2, 0) is 23.3 Å². The van der Waals surface area contributed by atoms with Crippen LogP contribution in [0.5, 0.6) is 0 Å². The minimum absolute atomic E-state index is 0.106. The molecular formula is C40H50F6NOPS. The van der Waals surface area contributed by atoms with Crippen LogP contribution in [0, 0.1) is 35.5 Å². The third kappa shape index (κ3) is 6.13. The molecule has 0 radical (unpaired) electrons. The number of alkyl halides is 6. The molecule has 0 heterocycles. The first-order valence-electron chi connectivity index (χ1n) is 18.7. The Morgan fingerprint density at radius 3 is 1.42 bits per heavy atom.